The van der Waals surface area contributed by atoms with Crippen molar-refractivity contribution in [1.82, 2.24) is 0 Å². The third-order valence-electron chi connectivity index (χ3n) is 3.23. The maximum atomic E-state index is 5.76. The van der Waals surface area contributed by atoms with Gasteiger partial charge in [-0.25, -0.2) is 0 Å². The van der Waals surface area contributed by atoms with E-state index in [2.05, 4.69) is 20.8 Å². The number of unbranched alkanes of at least 4 members (excludes halogenated alkanes) is 5. The summed E-state index contributed by atoms with van der Waals surface area (Å²) in [5.74, 6) is 0. The van der Waals surface area contributed by atoms with Gasteiger partial charge in [-0.3, -0.25) is 0 Å². The lowest BCUT2D eigenvalue weighted by molar-refractivity contribution is -0.236. The normalized spacial score (nSPS) is 30.6. The molecule has 1 rings (SSSR count). The quantitative estimate of drug-likeness (QED) is 0.606. The summed E-state index contributed by atoms with van der Waals surface area (Å²) in [5, 5.41) is 0. The molecule has 2 atom stereocenters. The molecule has 0 N–H and O–H groups in total. The van der Waals surface area contributed by atoms with Gasteiger partial charge >= 0.3 is 0 Å². The molecule has 0 bridgehead atoms. The van der Waals surface area contributed by atoms with Crippen LogP contribution in [0.4, 0.5) is 0 Å². The van der Waals surface area contributed by atoms with Gasteiger partial charge in [-0.2, -0.15) is 0 Å². The molecule has 0 aliphatic carbocycles. The maximum absolute atomic E-state index is 5.76. The predicted octanol–water partition coefficient (Wildman–Crippen LogP) is 4.28. The standard InChI is InChI=1S/C14H28O2/c1-4-5-6-7-8-9-10-14-15-12(2)11-13(3)16-14/h12-14H,4-11H2,1-3H3/t12-,13-/m1/s1. The maximum Gasteiger partial charge on any atom is 0.158 e. The smallest absolute Gasteiger partial charge is 0.158 e. The summed E-state index contributed by atoms with van der Waals surface area (Å²) in [6.07, 6.45) is 10.9. The van der Waals surface area contributed by atoms with E-state index >= 15 is 0 Å². The van der Waals surface area contributed by atoms with Gasteiger partial charge in [0.15, 0.2) is 6.29 Å². The molecule has 0 unspecified atom stereocenters. The minimum atomic E-state index is 0.0601. The molecule has 1 fully saturated rings. The van der Waals surface area contributed by atoms with Crippen LogP contribution in [0, 0.1) is 0 Å². The van der Waals surface area contributed by atoms with Gasteiger partial charge in [0.2, 0.25) is 0 Å². The van der Waals surface area contributed by atoms with Crippen LogP contribution in [0.25, 0.3) is 0 Å². The van der Waals surface area contributed by atoms with Gasteiger partial charge in [0.05, 0.1) is 12.2 Å². The van der Waals surface area contributed by atoms with Crippen molar-refractivity contribution in [2.45, 2.75) is 90.6 Å². The second-order valence-corrected chi connectivity index (χ2v) is 5.12. The molecule has 16 heavy (non-hydrogen) atoms. The summed E-state index contributed by atoms with van der Waals surface area (Å²) >= 11 is 0. The molecule has 1 heterocycles. The first-order chi connectivity index (χ1) is 7.72. The molecule has 1 saturated heterocycles. The van der Waals surface area contributed by atoms with Crippen LogP contribution >= 0.6 is 0 Å². The zero-order valence-corrected chi connectivity index (χ0v) is 11.2. The Kier molecular flexibility index (Phi) is 7.06. The largest absolute Gasteiger partial charge is 0.350 e. The van der Waals surface area contributed by atoms with Crippen molar-refractivity contribution in [3.05, 3.63) is 0 Å². The lowest BCUT2D eigenvalue weighted by Gasteiger charge is -2.32. The Labute approximate surface area is 101 Å². The first kappa shape index (κ1) is 14.0. The van der Waals surface area contributed by atoms with Gasteiger partial charge in [0, 0.05) is 0 Å². The van der Waals surface area contributed by atoms with Gasteiger partial charge in [-0.15, -0.1) is 0 Å². The summed E-state index contributed by atoms with van der Waals surface area (Å²) in [6.45, 7) is 6.55. The highest BCUT2D eigenvalue weighted by Gasteiger charge is 2.24. The molecular formula is C14H28O2. The molecule has 0 saturated carbocycles. The first-order valence-electron chi connectivity index (χ1n) is 7.03. The summed E-state index contributed by atoms with van der Waals surface area (Å²) in [4.78, 5) is 0. The van der Waals surface area contributed by atoms with Gasteiger partial charge in [0.25, 0.3) is 0 Å². The Balaban J connectivity index is 1.99. The summed E-state index contributed by atoms with van der Waals surface area (Å²) in [6, 6.07) is 0. The first-order valence-corrected chi connectivity index (χ1v) is 7.03. The molecule has 96 valence electrons. The molecular weight excluding hydrogens is 200 g/mol. The van der Waals surface area contributed by atoms with Crippen molar-refractivity contribution in [2.75, 3.05) is 0 Å². The number of rotatable bonds is 7. The molecule has 0 radical (unpaired) electrons. The minimum absolute atomic E-state index is 0.0601. The number of hydrogen-bond donors (Lipinski definition) is 0. The monoisotopic (exact) mass is 228 g/mol. The fraction of sp³-hybridized carbons (Fsp3) is 1.00. The second kappa shape index (κ2) is 8.08. The third kappa shape index (κ3) is 5.86. The van der Waals surface area contributed by atoms with Crippen molar-refractivity contribution < 1.29 is 9.47 Å². The van der Waals surface area contributed by atoms with Gasteiger partial charge in [-0.1, -0.05) is 39.0 Å². The van der Waals surface area contributed by atoms with Crippen molar-refractivity contribution in [3.63, 3.8) is 0 Å². The zero-order valence-electron chi connectivity index (χ0n) is 11.2. The van der Waals surface area contributed by atoms with Crippen LogP contribution in [0.5, 0.6) is 0 Å². The van der Waals surface area contributed by atoms with Crippen LogP contribution in [0.2, 0.25) is 0 Å². The van der Waals surface area contributed by atoms with Gasteiger partial charge < -0.3 is 9.47 Å². The second-order valence-electron chi connectivity index (χ2n) is 5.12. The van der Waals surface area contributed by atoms with E-state index in [0.29, 0.717) is 12.2 Å². The average Bonchev–Trinajstić information content (AvgIpc) is 2.22. The highest BCUT2D eigenvalue weighted by Crippen LogP contribution is 2.21. The predicted molar refractivity (Wildman–Crippen MR) is 67.5 cm³/mol. The Morgan fingerprint density at radius 1 is 0.875 bits per heavy atom. The molecule has 0 amide bonds. The van der Waals surface area contributed by atoms with E-state index in [4.69, 9.17) is 9.47 Å². The van der Waals surface area contributed by atoms with Crippen LogP contribution < -0.4 is 0 Å². The Hall–Kier alpha value is -0.0800. The summed E-state index contributed by atoms with van der Waals surface area (Å²) in [5.41, 5.74) is 0. The fourth-order valence-electron chi connectivity index (χ4n) is 2.36. The van der Waals surface area contributed by atoms with E-state index in [9.17, 15) is 0 Å². The van der Waals surface area contributed by atoms with E-state index in [1.54, 1.807) is 0 Å². The molecule has 0 spiro atoms. The molecule has 1 aliphatic heterocycles. The number of hydrogen-bond acceptors (Lipinski definition) is 2. The van der Waals surface area contributed by atoms with Gasteiger partial charge in [-0.05, 0) is 33.1 Å². The van der Waals surface area contributed by atoms with Crippen LogP contribution in [0.3, 0.4) is 0 Å². The van der Waals surface area contributed by atoms with Crippen molar-refractivity contribution in [3.8, 4) is 0 Å². The summed E-state index contributed by atoms with van der Waals surface area (Å²) < 4.78 is 11.5. The average molecular weight is 228 g/mol. The van der Waals surface area contributed by atoms with E-state index in [0.717, 1.165) is 12.8 Å². The zero-order chi connectivity index (χ0) is 11.8. The molecule has 2 heteroatoms. The summed E-state index contributed by atoms with van der Waals surface area (Å²) in [7, 11) is 0. The molecule has 0 aromatic rings. The molecule has 1 aliphatic rings. The fourth-order valence-corrected chi connectivity index (χ4v) is 2.36. The highest BCUT2D eigenvalue weighted by molar-refractivity contribution is 4.65. The SMILES string of the molecule is CCCCCCCCC1O[C@H](C)C[C@@H](C)O1. The van der Waals surface area contributed by atoms with Crippen LogP contribution in [-0.2, 0) is 9.47 Å². The van der Waals surface area contributed by atoms with Crippen LogP contribution in [0.1, 0.15) is 72.1 Å². The van der Waals surface area contributed by atoms with Gasteiger partial charge in [0.1, 0.15) is 0 Å². The van der Waals surface area contributed by atoms with E-state index < -0.39 is 0 Å². The van der Waals surface area contributed by atoms with Crippen molar-refractivity contribution in [1.29, 1.82) is 0 Å². The van der Waals surface area contributed by atoms with E-state index in [-0.39, 0.29) is 6.29 Å². The lowest BCUT2D eigenvalue weighted by atomic mass is 10.1. The van der Waals surface area contributed by atoms with E-state index in [1.165, 1.54) is 38.5 Å². The molecule has 0 aromatic carbocycles. The van der Waals surface area contributed by atoms with E-state index in [1.807, 2.05) is 0 Å². The van der Waals surface area contributed by atoms with Crippen LogP contribution in [-0.4, -0.2) is 18.5 Å². The Bertz CT molecular complexity index is 160. The van der Waals surface area contributed by atoms with Crippen molar-refractivity contribution in [2.24, 2.45) is 0 Å². The Morgan fingerprint density at radius 3 is 2.06 bits per heavy atom. The third-order valence-corrected chi connectivity index (χ3v) is 3.23. The van der Waals surface area contributed by atoms with Crippen molar-refractivity contribution >= 4 is 0 Å². The minimum Gasteiger partial charge on any atom is -0.350 e. The number of ether oxygens (including phenoxy) is 2. The molecule has 0 aromatic heterocycles. The molecule has 2 nitrogen and oxygen atoms in total. The topological polar surface area (TPSA) is 18.5 Å². The highest BCUT2D eigenvalue weighted by atomic mass is 16.7. The van der Waals surface area contributed by atoms with Crippen LogP contribution in [0.15, 0.2) is 0 Å². The Morgan fingerprint density at radius 2 is 1.44 bits per heavy atom. The lowest BCUT2D eigenvalue weighted by Crippen LogP contribution is -2.35.